The van der Waals surface area contributed by atoms with E-state index in [9.17, 15) is 4.79 Å². The third kappa shape index (κ3) is 3.99. The molecule has 0 fully saturated rings. The Bertz CT molecular complexity index is 815. The number of carbonyl (C=O) groups is 1. The number of nitrogens with zero attached hydrogens (tertiary/aromatic N) is 1. The summed E-state index contributed by atoms with van der Waals surface area (Å²) in [5.74, 6) is 0.962. The molecule has 3 aromatic rings. The van der Waals surface area contributed by atoms with Crippen molar-refractivity contribution in [1.82, 2.24) is 10.5 Å². The van der Waals surface area contributed by atoms with Gasteiger partial charge in [-0.2, -0.15) is 0 Å². The molecule has 1 heterocycles. The number of benzene rings is 2. The van der Waals surface area contributed by atoms with Crippen molar-refractivity contribution in [3.05, 3.63) is 71.8 Å². The summed E-state index contributed by atoms with van der Waals surface area (Å²) in [5, 5.41) is 9.28. The fourth-order valence-corrected chi connectivity index (χ4v) is 2.28. The second kappa shape index (κ2) is 7.43. The van der Waals surface area contributed by atoms with E-state index in [1.165, 1.54) is 0 Å². The van der Waals surface area contributed by atoms with Crippen LogP contribution in [0.15, 0.2) is 65.2 Å². The first-order valence-corrected chi connectivity index (χ1v) is 7.59. The van der Waals surface area contributed by atoms with E-state index in [1.807, 2.05) is 54.6 Å². The molecule has 122 valence electrons. The number of hydrogen-bond donors (Lipinski definition) is 3. The van der Waals surface area contributed by atoms with Crippen LogP contribution in [-0.2, 0) is 13.1 Å². The van der Waals surface area contributed by atoms with Gasteiger partial charge in [-0.3, -0.25) is 5.32 Å². The van der Waals surface area contributed by atoms with Crippen molar-refractivity contribution in [2.24, 2.45) is 5.73 Å². The van der Waals surface area contributed by atoms with E-state index < -0.39 is 0 Å². The maximum atomic E-state index is 12.0. The van der Waals surface area contributed by atoms with E-state index in [4.69, 9.17) is 10.3 Å². The van der Waals surface area contributed by atoms with Crippen LogP contribution in [0.5, 0.6) is 0 Å². The van der Waals surface area contributed by atoms with Gasteiger partial charge in [0.2, 0.25) is 0 Å². The van der Waals surface area contributed by atoms with Crippen molar-refractivity contribution in [3.8, 4) is 11.3 Å². The molecule has 24 heavy (non-hydrogen) atoms. The molecule has 2 amide bonds. The third-order valence-electron chi connectivity index (χ3n) is 3.49. The van der Waals surface area contributed by atoms with Crippen LogP contribution in [0.1, 0.15) is 11.1 Å². The van der Waals surface area contributed by atoms with Gasteiger partial charge in [0.05, 0.1) is 0 Å². The molecule has 6 nitrogen and oxygen atoms in total. The van der Waals surface area contributed by atoms with Crippen LogP contribution in [0.25, 0.3) is 11.3 Å². The van der Waals surface area contributed by atoms with Gasteiger partial charge in [-0.05, 0) is 11.1 Å². The molecule has 1 aromatic heterocycles. The lowest BCUT2D eigenvalue weighted by atomic mass is 10.1. The predicted octanol–water partition coefficient (Wildman–Crippen LogP) is 3.12. The normalized spacial score (nSPS) is 10.4. The van der Waals surface area contributed by atoms with E-state index >= 15 is 0 Å². The minimum absolute atomic E-state index is 0.346. The zero-order valence-corrected chi connectivity index (χ0v) is 13.0. The topological polar surface area (TPSA) is 93.2 Å². The van der Waals surface area contributed by atoms with Gasteiger partial charge in [0.1, 0.15) is 0 Å². The van der Waals surface area contributed by atoms with Gasteiger partial charge in [-0.15, -0.1) is 0 Å². The molecule has 3 rings (SSSR count). The van der Waals surface area contributed by atoms with Crippen LogP contribution >= 0.6 is 0 Å². The first kappa shape index (κ1) is 15.8. The van der Waals surface area contributed by atoms with E-state index in [2.05, 4.69) is 15.8 Å². The molecular formula is C18H18N4O2. The summed E-state index contributed by atoms with van der Waals surface area (Å²) < 4.78 is 5.24. The lowest BCUT2D eigenvalue weighted by Gasteiger charge is -2.06. The van der Waals surface area contributed by atoms with Crippen molar-refractivity contribution in [1.29, 1.82) is 0 Å². The van der Waals surface area contributed by atoms with Crippen LogP contribution in [0.2, 0.25) is 0 Å². The number of rotatable bonds is 5. The number of nitrogens with one attached hydrogen (secondary N) is 2. The molecule has 6 heteroatoms. The second-order valence-corrected chi connectivity index (χ2v) is 5.27. The van der Waals surface area contributed by atoms with Crippen LogP contribution in [0.3, 0.4) is 0 Å². The molecule has 2 aromatic carbocycles. The number of aromatic nitrogens is 1. The highest BCUT2D eigenvalue weighted by Gasteiger charge is 2.09. The molecule has 4 N–H and O–H groups in total. The molecule has 0 radical (unpaired) electrons. The first-order valence-electron chi connectivity index (χ1n) is 7.59. The average molecular weight is 322 g/mol. The van der Waals surface area contributed by atoms with Gasteiger partial charge in [0.15, 0.2) is 11.6 Å². The number of urea groups is 1. The second-order valence-electron chi connectivity index (χ2n) is 5.27. The summed E-state index contributed by atoms with van der Waals surface area (Å²) >= 11 is 0. The lowest BCUT2D eigenvalue weighted by molar-refractivity contribution is 0.251. The Balaban J connectivity index is 1.56. The molecule has 0 saturated heterocycles. The summed E-state index contributed by atoms with van der Waals surface area (Å²) in [6.45, 7) is 0.879. The lowest BCUT2D eigenvalue weighted by Crippen LogP contribution is -2.28. The zero-order chi connectivity index (χ0) is 16.8. The summed E-state index contributed by atoms with van der Waals surface area (Å²) in [6.07, 6.45) is 0. The van der Waals surface area contributed by atoms with E-state index in [0.717, 1.165) is 16.7 Å². The highest BCUT2D eigenvalue weighted by molar-refractivity contribution is 5.88. The Labute approximate surface area is 139 Å². The molecule has 0 atom stereocenters. The number of hydrogen-bond acceptors (Lipinski definition) is 4. The van der Waals surface area contributed by atoms with E-state index in [0.29, 0.717) is 24.7 Å². The molecule has 0 bridgehead atoms. The standard InChI is InChI=1S/C18H18N4O2/c19-11-13-5-4-6-14(9-13)12-20-18(23)21-17-10-16(24-22-17)15-7-2-1-3-8-15/h1-10H,11-12,19H2,(H2,20,21,22,23). The number of amides is 2. The molecule has 0 spiro atoms. The Kier molecular flexibility index (Phi) is 4.88. The Morgan fingerprint density at radius 3 is 2.62 bits per heavy atom. The van der Waals surface area contributed by atoms with E-state index in [1.54, 1.807) is 6.07 Å². The molecule has 0 aliphatic heterocycles. The number of carbonyl (C=O) groups excluding carboxylic acids is 1. The zero-order valence-electron chi connectivity index (χ0n) is 13.0. The van der Waals surface area contributed by atoms with Gasteiger partial charge in [-0.25, -0.2) is 4.79 Å². The number of nitrogens with two attached hydrogens (primary N) is 1. The van der Waals surface area contributed by atoms with Gasteiger partial charge in [0, 0.05) is 24.7 Å². The fraction of sp³-hybridized carbons (Fsp3) is 0.111. The molecule has 0 aliphatic rings. The molecular weight excluding hydrogens is 304 g/mol. The maximum absolute atomic E-state index is 12.0. The van der Waals surface area contributed by atoms with Crippen molar-refractivity contribution >= 4 is 11.8 Å². The highest BCUT2D eigenvalue weighted by Crippen LogP contribution is 2.21. The number of anilines is 1. The van der Waals surface area contributed by atoms with Gasteiger partial charge >= 0.3 is 6.03 Å². The SMILES string of the molecule is NCc1cccc(CNC(=O)Nc2cc(-c3ccccc3)on2)c1. The Morgan fingerprint density at radius 1 is 1.04 bits per heavy atom. The molecule has 0 saturated carbocycles. The minimum atomic E-state index is -0.346. The predicted molar refractivity (Wildman–Crippen MR) is 92.1 cm³/mol. The summed E-state index contributed by atoms with van der Waals surface area (Å²) in [7, 11) is 0. The molecule has 0 unspecified atom stereocenters. The monoisotopic (exact) mass is 322 g/mol. The smallest absolute Gasteiger partial charge is 0.320 e. The Hall–Kier alpha value is -3.12. The minimum Gasteiger partial charge on any atom is -0.354 e. The fourth-order valence-electron chi connectivity index (χ4n) is 2.28. The van der Waals surface area contributed by atoms with Gasteiger partial charge < -0.3 is 15.6 Å². The third-order valence-corrected chi connectivity index (χ3v) is 3.49. The summed E-state index contributed by atoms with van der Waals surface area (Å²) in [5.41, 5.74) is 8.52. The largest absolute Gasteiger partial charge is 0.354 e. The average Bonchev–Trinajstić information content (AvgIpc) is 3.09. The highest BCUT2D eigenvalue weighted by atomic mass is 16.5. The van der Waals surface area contributed by atoms with Gasteiger partial charge in [-0.1, -0.05) is 59.8 Å². The molecule has 0 aliphatic carbocycles. The van der Waals surface area contributed by atoms with Crippen molar-refractivity contribution in [3.63, 3.8) is 0 Å². The van der Waals surface area contributed by atoms with Crippen molar-refractivity contribution in [2.45, 2.75) is 13.1 Å². The first-order chi connectivity index (χ1) is 11.7. The van der Waals surface area contributed by atoms with Crippen LogP contribution in [0.4, 0.5) is 10.6 Å². The van der Waals surface area contributed by atoms with Crippen molar-refractivity contribution < 1.29 is 9.32 Å². The van der Waals surface area contributed by atoms with Crippen LogP contribution in [0, 0.1) is 0 Å². The summed E-state index contributed by atoms with van der Waals surface area (Å²) in [6, 6.07) is 18.7. The summed E-state index contributed by atoms with van der Waals surface area (Å²) in [4.78, 5) is 12.0. The van der Waals surface area contributed by atoms with Crippen LogP contribution in [-0.4, -0.2) is 11.2 Å². The Morgan fingerprint density at radius 2 is 1.83 bits per heavy atom. The van der Waals surface area contributed by atoms with Crippen molar-refractivity contribution in [2.75, 3.05) is 5.32 Å². The van der Waals surface area contributed by atoms with Gasteiger partial charge in [0.25, 0.3) is 0 Å². The van der Waals surface area contributed by atoms with Crippen LogP contribution < -0.4 is 16.4 Å². The maximum Gasteiger partial charge on any atom is 0.320 e. The van der Waals surface area contributed by atoms with E-state index in [-0.39, 0.29) is 6.03 Å². The quantitative estimate of drug-likeness (QED) is 0.673.